The Labute approximate surface area is 90.3 Å². The Morgan fingerprint density at radius 3 is 2.94 bits per heavy atom. The Balaban J connectivity index is 2.35. The van der Waals surface area contributed by atoms with Crippen molar-refractivity contribution in [1.29, 1.82) is 0 Å². The predicted octanol–water partition coefficient (Wildman–Crippen LogP) is 1.30. The molecule has 84 valence electrons. The van der Waals surface area contributed by atoms with Gasteiger partial charge in [0.05, 0.1) is 0 Å². The molecule has 0 fully saturated rings. The summed E-state index contributed by atoms with van der Waals surface area (Å²) in [4.78, 5) is 13.3. The molecule has 1 aromatic carbocycles. The summed E-state index contributed by atoms with van der Waals surface area (Å²) in [5.41, 5.74) is 1.25. The first-order chi connectivity index (χ1) is 7.58. The number of aliphatic hydroxyl groups excluding tert-OH is 1. The second kappa shape index (κ2) is 3.94. The van der Waals surface area contributed by atoms with Crippen LogP contribution in [0.5, 0.6) is 0 Å². The molecule has 1 atom stereocenters. The van der Waals surface area contributed by atoms with E-state index >= 15 is 0 Å². The molecule has 1 heterocycles. The van der Waals surface area contributed by atoms with Gasteiger partial charge in [0.25, 0.3) is 0 Å². The van der Waals surface area contributed by atoms with Crippen LogP contribution >= 0.6 is 0 Å². The van der Waals surface area contributed by atoms with E-state index in [9.17, 15) is 14.3 Å². The van der Waals surface area contributed by atoms with E-state index in [4.69, 9.17) is 5.11 Å². The average Bonchev–Trinajstić information content (AvgIpc) is 2.60. The van der Waals surface area contributed by atoms with Crippen molar-refractivity contribution in [2.45, 2.75) is 12.5 Å². The molecule has 0 aliphatic carbocycles. The summed E-state index contributed by atoms with van der Waals surface area (Å²) < 4.78 is 12.9. The number of hydrogen-bond donors (Lipinski definition) is 3. The third-order valence-corrected chi connectivity index (χ3v) is 2.43. The number of carboxylic acids is 1. The molecule has 4 nitrogen and oxygen atoms in total. The van der Waals surface area contributed by atoms with Crippen LogP contribution in [0.1, 0.15) is 5.56 Å². The van der Waals surface area contributed by atoms with Crippen molar-refractivity contribution in [1.82, 2.24) is 4.98 Å². The number of hydrogen-bond acceptors (Lipinski definition) is 2. The standard InChI is InChI=1S/C11H10FNO3/c12-7-1-2-8-6(3-10(14)11(15)16)5-13-9(8)4-7/h1-2,4-5,10,13-14H,3H2,(H,15,16)/t10-/m0/s1. The van der Waals surface area contributed by atoms with Gasteiger partial charge < -0.3 is 15.2 Å². The van der Waals surface area contributed by atoms with E-state index in [1.807, 2.05) is 0 Å². The zero-order valence-corrected chi connectivity index (χ0v) is 8.27. The van der Waals surface area contributed by atoms with Crippen LogP contribution in [0.15, 0.2) is 24.4 Å². The maximum atomic E-state index is 12.9. The van der Waals surface area contributed by atoms with Gasteiger partial charge in [-0.1, -0.05) is 0 Å². The summed E-state index contributed by atoms with van der Waals surface area (Å²) in [7, 11) is 0. The summed E-state index contributed by atoms with van der Waals surface area (Å²) in [5, 5.41) is 18.5. The van der Waals surface area contributed by atoms with E-state index in [0.29, 0.717) is 11.1 Å². The van der Waals surface area contributed by atoms with Crippen LogP contribution in [0, 0.1) is 5.82 Å². The van der Waals surface area contributed by atoms with Gasteiger partial charge in [-0.25, -0.2) is 9.18 Å². The van der Waals surface area contributed by atoms with Gasteiger partial charge in [-0.15, -0.1) is 0 Å². The van der Waals surface area contributed by atoms with Crippen LogP contribution in [0.25, 0.3) is 10.9 Å². The monoisotopic (exact) mass is 223 g/mol. The molecule has 0 aliphatic rings. The molecule has 16 heavy (non-hydrogen) atoms. The van der Waals surface area contributed by atoms with Crippen LogP contribution in [0.4, 0.5) is 4.39 Å². The molecular formula is C11H10FNO3. The number of nitrogens with one attached hydrogen (secondary N) is 1. The number of benzene rings is 1. The molecular weight excluding hydrogens is 213 g/mol. The van der Waals surface area contributed by atoms with Crippen LogP contribution in [0.3, 0.4) is 0 Å². The predicted molar refractivity (Wildman–Crippen MR) is 55.6 cm³/mol. The summed E-state index contributed by atoms with van der Waals surface area (Å²) in [6, 6.07) is 4.18. The molecule has 0 spiro atoms. The largest absolute Gasteiger partial charge is 0.479 e. The zero-order valence-electron chi connectivity index (χ0n) is 8.27. The van der Waals surface area contributed by atoms with E-state index < -0.39 is 12.1 Å². The van der Waals surface area contributed by atoms with Gasteiger partial charge in [0.15, 0.2) is 6.10 Å². The first-order valence-electron chi connectivity index (χ1n) is 4.74. The molecule has 0 bridgehead atoms. The zero-order chi connectivity index (χ0) is 11.7. The van der Waals surface area contributed by atoms with E-state index in [1.165, 1.54) is 12.1 Å². The molecule has 2 aromatic rings. The van der Waals surface area contributed by atoms with Gasteiger partial charge in [-0.2, -0.15) is 0 Å². The van der Waals surface area contributed by atoms with Crippen molar-refractivity contribution in [2.24, 2.45) is 0 Å². The first kappa shape index (κ1) is 10.6. The smallest absolute Gasteiger partial charge is 0.332 e. The highest BCUT2D eigenvalue weighted by Crippen LogP contribution is 2.20. The number of halogens is 1. The minimum atomic E-state index is -1.44. The van der Waals surface area contributed by atoms with E-state index in [2.05, 4.69) is 4.98 Å². The summed E-state index contributed by atoms with van der Waals surface area (Å²) in [6.45, 7) is 0. The third-order valence-electron chi connectivity index (χ3n) is 2.43. The van der Waals surface area contributed by atoms with Crippen LogP contribution in [-0.4, -0.2) is 27.3 Å². The number of carbonyl (C=O) groups is 1. The second-order valence-electron chi connectivity index (χ2n) is 3.56. The Kier molecular flexibility index (Phi) is 2.62. The Morgan fingerprint density at radius 1 is 1.50 bits per heavy atom. The number of rotatable bonds is 3. The minimum absolute atomic E-state index is 0.000958. The molecule has 2 rings (SSSR count). The van der Waals surface area contributed by atoms with Gasteiger partial charge in [0, 0.05) is 23.5 Å². The Morgan fingerprint density at radius 2 is 2.25 bits per heavy atom. The Bertz CT molecular complexity index is 535. The molecule has 0 saturated carbocycles. The maximum Gasteiger partial charge on any atom is 0.332 e. The van der Waals surface area contributed by atoms with Crippen molar-refractivity contribution in [3.8, 4) is 0 Å². The fourth-order valence-corrected chi connectivity index (χ4v) is 1.62. The normalized spacial score (nSPS) is 12.9. The molecule has 0 unspecified atom stereocenters. The SMILES string of the molecule is O=C(O)[C@@H](O)Cc1c[nH]c2cc(F)ccc12. The lowest BCUT2D eigenvalue weighted by molar-refractivity contribution is -0.146. The highest BCUT2D eigenvalue weighted by molar-refractivity contribution is 5.84. The van der Waals surface area contributed by atoms with Crippen LogP contribution in [0.2, 0.25) is 0 Å². The van der Waals surface area contributed by atoms with Gasteiger partial charge in [-0.05, 0) is 23.8 Å². The molecule has 0 saturated heterocycles. The fourth-order valence-electron chi connectivity index (χ4n) is 1.62. The molecule has 0 radical (unpaired) electrons. The van der Waals surface area contributed by atoms with Crippen molar-refractivity contribution >= 4 is 16.9 Å². The Hall–Kier alpha value is -1.88. The summed E-state index contributed by atoms with van der Waals surface area (Å²) in [6.07, 6.45) is 0.140. The highest BCUT2D eigenvalue weighted by Gasteiger charge is 2.16. The average molecular weight is 223 g/mol. The van der Waals surface area contributed by atoms with Crippen molar-refractivity contribution in [2.75, 3.05) is 0 Å². The van der Waals surface area contributed by atoms with Gasteiger partial charge in [0.1, 0.15) is 5.82 Å². The number of aromatic nitrogens is 1. The maximum absolute atomic E-state index is 12.9. The quantitative estimate of drug-likeness (QED) is 0.734. The number of fused-ring (bicyclic) bond motifs is 1. The fraction of sp³-hybridized carbons (Fsp3) is 0.182. The number of aromatic amines is 1. The van der Waals surface area contributed by atoms with Crippen LogP contribution < -0.4 is 0 Å². The molecule has 5 heteroatoms. The van der Waals surface area contributed by atoms with E-state index in [-0.39, 0.29) is 12.2 Å². The molecule has 1 aromatic heterocycles. The van der Waals surface area contributed by atoms with E-state index in [0.717, 1.165) is 5.39 Å². The molecule has 3 N–H and O–H groups in total. The summed E-state index contributed by atoms with van der Waals surface area (Å²) in [5.74, 6) is -1.63. The highest BCUT2D eigenvalue weighted by atomic mass is 19.1. The van der Waals surface area contributed by atoms with Crippen molar-refractivity contribution < 1.29 is 19.4 Å². The lowest BCUT2D eigenvalue weighted by atomic mass is 10.1. The minimum Gasteiger partial charge on any atom is -0.479 e. The number of aliphatic hydroxyl groups is 1. The topological polar surface area (TPSA) is 73.3 Å². The third kappa shape index (κ3) is 1.90. The lowest BCUT2D eigenvalue weighted by Crippen LogP contribution is -2.21. The summed E-state index contributed by atoms with van der Waals surface area (Å²) >= 11 is 0. The second-order valence-corrected chi connectivity index (χ2v) is 3.56. The van der Waals surface area contributed by atoms with Gasteiger partial charge in [0.2, 0.25) is 0 Å². The van der Waals surface area contributed by atoms with Gasteiger partial charge >= 0.3 is 5.97 Å². The molecule has 0 amide bonds. The number of aliphatic carboxylic acids is 1. The van der Waals surface area contributed by atoms with Crippen molar-refractivity contribution in [3.63, 3.8) is 0 Å². The van der Waals surface area contributed by atoms with E-state index in [1.54, 1.807) is 12.3 Å². The molecule has 0 aliphatic heterocycles. The number of carboxylic acid groups (broad SMARTS) is 1. The first-order valence-corrected chi connectivity index (χ1v) is 4.74. The van der Waals surface area contributed by atoms with Crippen molar-refractivity contribution in [3.05, 3.63) is 35.8 Å². The lowest BCUT2D eigenvalue weighted by Gasteiger charge is -2.03. The van der Waals surface area contributed by atoms with Gasteiger partial charge in [-0.3, -0.25) is 0 Å². The number of H-pyrrole nitrogens is 1. The van der Waals surface area contributed by atoms with Crippen LogP contribution in [-0.2, 0) is 11.2 Å².